The van der Waals surface area contributed by atoms with E-state index in [0.717, 1.165) is 0 Å². The topological polar surface area (TPSA) is 78.4 Å². The standard InChI is InChI=1S/C13H26N2O3/c1-6-10(11(16)17)8-15-12(18)14-7-9(2)13(3,4)5/h9-10H,6-8H2,1-5H3,(H,16,17)(H2,14,15,18). The van der Waals surface area contributed by atoms with E-state index in [9.17, 15) is 9.59 Å². The quantitative estimate of drug-likeness (QED) is 0.682. The highest BCUT2D eigenvalue weighted by Crippen LogP contribution is 2.24. The Labute approximate surface area is 109 Å². The van der Waals surface area contributed by atoms with Crippen LogP contribution in [0.15, 0.2) is 0 Å². The zero-order valence-corrected chi connectivity index (χ0v) is 12.0. The molecule has 0 saturated heterocycles. The van der Waals surface area contributed by atoms with Crippen LogP contribution < -0.4 is 10.6 Å². The number of carboxylic acid groups (broad SMARTS) is 1. The van der Waals surface area contributed by atoms with Crippen molar-refractivity contribution in [3.05, 3.63) is 0 Å². The highest BCUT2D eigenvalue weighted by atomic mass is 16.4. The molecule has 2 unspecified atom stereocenters. The molecule has 0 saturated carbocycles. The predicted molar refractivity (Wildman–Crippen MR) is 71.4 cm³/mol. The minimum Gasteiger partial charge on any atom is -0.481 e. The Bertz CT molecular complexity index is 284. The van der Waals surface area contributed by atoms with E-state index in [0.29, 0.717) is 18.9 Å². The monoisotopic (exact) mass is 258 g/mol. The smallest absolute Gasteiger partial charge is 0.314 e. The molecule has 0 rings (SSSR count). The molecule has 2 amide bonds. The molecule has 0 aromatic heterocycles. The number of rotatable bonds is 6. The van der Waals surface area contributed by atoms with Gasteiger partial charge in [-0.05, 0) is 17.8 Å². The maximum atomic E-state index is 11.5. The molecule has 18 heavy (non-hydrogen) atoms. The maximum absolute atomic E-state index is 11.5. The summed E-state index contributed by atoms with van der Waals surface area (Å²) in [7, 11) is 0. The molecule has 0 bridgehead atoms. The van der Waals surface area contributed by atoms with Gasteiger partial charge >= 0.3 is 12.0 Å². The van der Waals surface area contributed by atoms with E-state index in [-0.39, 0.29) is 18.0 Å². The van der Waals surface area contributed by atoms with E-state index in [2.05, 4.69) is 38.3 Å². The van der Waals surface area contributed by atoms with E-state index in [1.807, 2.05) is 0 Å². The number of carbonyl (C=O) groups is 2. The number of hydrogen-bond acceptors (Lipinski definition) is 2. The minimum atomic E-state index is -0.874. The first-order chi connectivity index (χ1) is 8.18. The second kappa shape index (κ2) is 7.24. The fraction of sp³-hybridized carbons (Fsp3) is 0.846. The predicted octanol–water partition coefficient (Wildman–Crippen LogP) is 2.08. The van der Waals surface area contributed by atoms with Crippen LogP contribution in [0.4, 0.5) is 4.79 Å². The molecule has 106 valence electrons. The third-order valence-electron chi connectivity index (χ3n) is 3.40. The molecule has 0 spiro atoms. The van der Waals surface area contributed by atoms with Crippen LogP contribution in [0.2, 0.25) is 0 Å². The molecule has 5 heteroatoms. The molecule has 0 heterocycles. The molecule has 3 N–H and O–H groups in total. The van der Waals surface area contributed by atoms with Crippen LogP contribution in [0.3, 0.4) is 0 Å². The van der Waals surface area contributed by atoms with E-state index >= 15 is 0 Å². The minimum absolute atomic E-state index is 0.139. The Kier molecular flexibility index (Phi) is 6.73. The van der Waals surface area contributed by atoms with Gasteiger partial charge in [0.1, 0.15) is 0 Å². The van der Waals surface area contributed by atoms with Gasteiger partial charge in [0.2, 0.25) is 0 Å². The lowest BCUT2D eigenvalue weighted by atomic mass is 9.82. The molecule has 0 aromatic rings. The van der Waals surface area contributed by atoms with Gasteiger partial charge in [-0.15, -0.1) is 0 Å². The third-order valence-corrected chi connectivity index (χ3v) is 3.40. The Balaban J connectivity index is 3.96. The van der Waals surface area contributed by atoms with Crippen molar-refractivity contribution >= 4 is 12.0 Å². The average Bonchev–Trinajstić information content (AvgIpc) is 2.24. The number of aliphatic carboxylic acids is 1. The molecule has 0 aliphatic rings. The summed E-state index contributed by atoms with van der Waals surface area (Å²) in [4.78, 5) is 22.3. The van der Waals surface area contributed by atoms with Gasteiger partial charge in [-0.3, -0.25) is 4.79 Å². The van der Waals surface area contributed by atoms with Crippen molar-refractivity contribution in [2.45, 2.75) is 41.0 Å². The first-order valence-electron chi connectivity index (χ1n) is 6.43. The van der Waals surface area contributed by atoms with Crippen molar-refractivity contribution in [1.29, 1.82) is 0 Å². The van der Waals surface area contributed by atoms with Crippen LogP contribution in [-0.4, -0.2) is 30.2 Å². The van der Waals surface area contributed by atoms with Crippen molar-refractivity contribution in [2.75, 3.05) is 13.1 Å². The summed E-state index contributed by atoms with van der Waals surface area (Å²) in [6.45, 7) is 11.0. The Morgan fingerprint density at radius 1 is 1.17 bits per heavy atom. The largest absolute Gasteiger partial charge is 0.481 e. The van der Waals surface area contributed by atoms with Crippen LogP contribution >= 0.6 is 0 Å². The van der Waals surface area contributed by atoms with Crippen LogP contribution in [0.5, 0.6) is 0 Å². The molecule has 0 radical (unpaired) electrons. The van der Waals surface area contributed by atoms with E-state index in [4.69, 9.17) is 5.11 Å². The van der Waals surface area contributed by atoms with Crippen LogP contribution in [-0.2, 0) is 4.79 Å². The SMILES string of the molecule is CCC(CNC(=O)NCC(C)C(C)(C)C)C(=O)O. The zero-order chi connectivity index (χ0) is 14.3. The van der Waals surface area contributed by atoms with Crippen LogP contribution in [0.1, 0.15) is 41.0 Å². The molecule has 5 nitrogen and oxygen atoms in total. The first-order valence-corrected chi connectivity index (χ1v) is 6.43. The average molecular weight is 258 g/mol. The summed E-state index contributed by atoms with van der Waals surface area (Å²) >= 11 is 0. The fourth-order valence-electron chi connectivity index (χ4n) is 1.24. The van der Waals surface area contributed by atoms with Gasteiger partial charge in [0.25, 0.3) is 0 Å². The Morgan fingerprint density at radius 3 is 2.06 bits per heavy atom. The van der Waals surface area contributed by atoms with Gasteiger partial charge in [-0.2, -0.15) is 0 Å². The summed E-state index contributed by atoms with van der Waals surface area (Å²) in [6.07, 6.45) is 0.508. The van der Waals surface area contributed by atoms with Crippen LogP contribution in [0, 0.1) is 17.3 Å². The normalized spacial score (nSPS) is 14.7. The van der Waals surface area contributed by atoms with E-state index in [1.165, 1.54) is 0 Å². The van der Waals surface area contributed by atoms with E-state index in [1.54, 1.807) is 6.92 Å². The third kappa shape index (κ3) is 6.47. The van der Waals surface area contributed by atoms with E-state index < -0.39 is 11.9 Å². The number of amides is 2. The van der Waals surface area contributed by atoms with Crippen molar-refractivity contribution < 1.29 is 14.7 Å². The zero-order valence-electron chi connectivity index (χ0n) is 12.0. The van der Waals surface area contributed by atoms with Gasteiger partial charge in [-0.25, -0.2) is 4.79 Å². The number of hydrogen-bond donors (Lipinski definition) is 3. The van der Waals surface area contributed by atoms with Gasteiger partial charge in [0, 0.05) is 13.1 Å². The number of carbonyl (C=O) groups excluding carboxylic acids is 1. The second-order valence-electron chi connectivity index (χ2n) is 5.80. The summed E-state index contributed by atoms with van der Waals surface area (Å²) in [5, 5.41) is 14.2. The van der Waals surface area contributed by atoms with Crippen molar-refractivity contribution in [3.63, 3.8) is 0 Å². The highest BCUT2D eigenvalue weighted by molar-refractivity contribution is 5.75. The molecular formula is C13H26N2O3. The number of urea groups is 1. The molecular weight excluding hydrogens is 232 g/mol. The summed E-state index contributed by atoms with van der Waals surface area (Å²) < 4.78 is 0. The molecule has 0 aliphatic carbocycles. The first kappa shape index (κ1) is 16.7. The maximum Gasteiger partial charge on any atom is 0.314 e. The fourth-order valence-corrected chi connectivity index (χ4v) is 1.24. The van der Waals surface area contributed by atoms with Gasteiger partial charge < -0.3 is 15.7 Å². The van der Waals surface area contributed by atoms with Gasteiger partial charge in [0.15, 0.2) is 0 Å². The molecule has 2 atom stereocenters. The molecule has 0 aromatic carbocycles. The Morgan fingerprint density at radius 2 is 1.67 bits per heavy atom. The van der Waals surface area contributed by atoms with Crippen LogP contribution in [0.25, 0.3) is 0 Å². The summed E-state index contributed by atoms with van der Waals surface area (Å²) in [5.41, 5.74) is 0.139. The molecule has 0 fully saturated rings. The summed E-state index contributed by atoms with van der Waals surface area (Å²) in [6, 6.07) is -0.300. The number of carboxylic acids is 1. The van der Waals surface area contributed by atoms with Crippen molar-refractivity contribution in [3.8, 4) is 0 Å². The van der Waals surface area contributed by atoms with Crippen molar-refractivity contribution in [1.82, 2.24) is 10.6 Å². The lowest BCUT2D eigenvalue weighted by Gasteiger charge is -2.27. The van der Waals surface area contributed by atoms with Gasteiger partial charge in [-0.1, -0.05) is 34.6 Å². The number of nitrogens with one attached hydrogen (secondary N) is 2. The van der Waals surface area contributed by atoms with Gasteiger partial charge in [0.05, 0.1) is 5.92 Å². The van der Waals surface area contributed by atoms with Crippen molar-refractivity contribution in [2.24, 2.45) is 17.3 Å². The highest BCUT2D eigenvalue weighted by Gasteiger charge is 2.21. The molecule has 0 aliphatic heterocycles. The second-order valence-corrected chi connectivity index (χ2v) is 5.80. The lowest BCUT2D eigenvalue weighted by Crippen LogP contribution is -2.42. The summed E-state index contributed by atoms with van der Waals surface area (Å²) in [5.74, 6) is -1.04. The Hall–Kier alpha value is -1.26. The lowest BCUT2D eigenvalue weighted by molar-refractivity contribution is -0.141.